The average molecular weight is 427 g/mol. The molecule has 1 atom stereocenters. The Morgan fingerprint density at radius 1 is 1.11 bits per heavy atom. The number of nitrogens with one attached hydrogen (secondary N) is 1. The molecule has 1 N–H and O–H groups in total. The highest BCUT2D eigenvalue weighted by Gasteiger charge is 2.24. The minimum absolute atomic E-state index is 0.145. The molecule has 7 nitrogen and oxygen atoms in total. The molecule has 0 aliphatic rings. The predicted molar refractivity (Wildman–Crippen MR) is 110 cm³/mol. The van der Waals surface area contributed by atoms with E-state index in [0.29, 0.717) is 16.5 Å². The Morgan fingerprint density at radius 2 is 1.64 bits per heavy atom. The summed E-state index contributed by atoms with van der Waals surface area (Å²) in [7, 11) is 0.647. The van der Waals surface area contributed by atoms with Crippen LogP contribution in [0.2, 0.25) is 5.02 Å². The number of benzene rings is 2. The fraction of sp³-hybridized carbons (Fsp3) is 0.316. The number of carbonyl (C=O) groups is 1. The number of sulfonamides is 1. The van der Waals surface area contributed by atoms with Crippen LogP contribution >= 0.6 is 11.6 Å². The van der Waals surface area contributed by atoms with Crippen molar-refractivity contribution in [1.82, 2.24) is 5.32 Å². The zero-order valence-electron chi connectivity index (χ0n) is 16.3. The first-order chi connectivity index (χ1) is 13.1. The number of halogens is 1. The highest BCUT2D eigenvalue weighted by Crippen LogP contribution is 2.36. The standard InChI is InChI=1S/C19H23ClN2O5S/c1-12(13-6-8-14(20)9-7-13)21-19(23)15-10-17(26-3)18(27-4)11-16(15)22(2)28(5,24)25/h6-12H,1-5H3,(H,21,23)/t12-/m1/s1. The van der Waals surface area contributed by atoms with Crippen LogP contribution in [0.1, 0.15) is 28.9 Å². The lowest BCUT2D eigenvalue weighted by Crippen LogP contribution is -2.31. The third kappa shape index (κ3) is 4.88. The van der Waals surface area contributed by atoms with Crippen molar-refractivity contribution in [2.24, 2.45) is 0 Å². The molecule has 0 aliphatic heterocycles. The van der Waals surface area contributed by atoms with Gasteiger partial charge >= 0.3 is 0 Å². The molecular weight excluding hydrogens is 404 g/mol. The van der Waals surface area contributed by atoms with Crippen molar-refractivity contribution in [2.45, 2.75) is 13.0 Å². The van der Waals surface area contributed by atoms with Crippen molar-refractivity contribution in [3.8, 4) is 11.5 Å². The predicted octanol–water partition coefficient (Wildman–Crippen LogP) is 3.24. The lowest BCUT2D eigenvalue weighted by Gasteiger charge is -2.23. The number of nitrogens with zero attached hydrogens (tertiary/aromatic N) is 1. The van der Waals surface area contributed by atoms with Gasteiger partial charge in [0, 0.05) is 18.1 Å². The van der Waals surface area contributed by atoms with E-state index in [2.05, 4.69) is 5.32 Å². The zero-order valence-corrected chi connectivity index (χ0v) is 17.9. The summed E-state index contributed by atoms with van der Waals surface area (Å²) >= 11 is 5.90. The van der Waals surface area contributed by atoms with E-state index >= 15 is 0 Å². The summed E-state index contributed by atoms with van der Waals surface area (Å²) in [6.45, 7) is 1.82. The van der Waals surface area contributed by atoms with E-state index in [4.69, 9.17) is 21.1 Å². The maximum Gasteiger partial charge on any atom is 0.254 e. The molecule has 152 valence electrons. The van der Waals surface area contributed by atoms with Crippen LogP contribution in [0.3, 0.4) is 0 Å². The Morgan fingerprint density at radius 3 is 2.14 bits per heavy atom. The van der Waals surface area contributed by atoms with Crippen molar-refractivity contribution in [3.05, 3.63) is 52.5 Å². The first-order valence-corrected chi connectivity index (χ1v) is 10.6. The summed E-state index contributed by atoms with van der Waals surface area (Å²) in [6.07, 6.45) is 1.06. The summed E-state index contributed by atoms with van der Waals surface area (Å²) in [6, 6.07) is 9.69. The minimum atomic E-state index is -3.60. The van der Waals surface area contributed by atoms with Gasteiger partial charge in [-0.05, 0) is 30.7 Å². The van der Waals surface area contributed by atoms with Crippen molar-refractivity contribution in [2.75, 3.05) is 31.8 Å². The van der Waals surface area contributed by atoms with Crippen molar-refractivity contribution >= 4 is 33.2 Å². The third-order valence-corrected chi connectivity index (χ3v) is 5.74. The molecule has 0 saturated heterocycles. The number of rotatable bonds is 7. The fourth-order valence-electron chi connectivity index (χ4n) is 2.60. The number of amides is 1. The highest BCUT2D eigenvalue weighted by molar-refractivity contribution is 7.92. The van der Waals surface area contributed by atoms with E-state index in [1.54, 1.807) is 12.1 Å². The van der Waals surface area contributed by atoms with Crippen LogP contribution in [0.5, 0.6) is 11.5 Å². The van der Waals surface area contributed by atoms with E-state index in [-0.39, 0.29) is 17.3 Å². The normalized spacial score (nSPS) is 12.2. The molecule has 2 aromatic rings. The van der Waals surface area contributed by atoms with Crippen LogP contribution in [0.4, 0.5) is 5.69 Å². The smallest absolute Gasteiger partial charge is 0.254 e. The second-order valence-electron chi connectivity index (χ2n) is 6.20. The van der Waals surface area contributed by atoms with E-state index in [0.717, 1.165) is 16.1 Å². The Kier molecular flexibility index (Phi) is 6.79. The first kappa shape index (κ1) is 21.8. The molecule has 0 saturated carbocycles. The van der Waals surface area contributed by atoms with Gasteiger partial charge in [0.05, 0.1) is 37.8 Å². The monoisotopic (exact) mass is 426 g/mol. The molecule has 0 aromatic heterocycles. The lowest BCUT2D eigenvalue weighted by molar-refractivity contribution is 0.0940. The zero-order chi connectivity index (χ0) is 21.1. The molecule has 2 rings (SSSR count). The maximum absolute atomic E-state index is 13.0. The quantitative estimate of drug-likeness (QED) is 0.734. The second kappa shape index (κ2) is 8.70. The molecular formula is C19H23ClN2O5S. The summed E-state index contributed by atoms with van der Waals surface area (Å²) in [5.41, 5.74) is 1.18. The first-order valence-electron chi connectivity index (χ1n) is 8.34. The second-order valence-corrected chi connectivity index (χ2v) is 8.65. The van der Waals surface area contributed by atoms with E-state index < -0.39 is 15.9 Å². The summed E-state index contributed by atoms with van der Waals surface area (Å²) in [5.74, 6) is 0.182. The van der Waals surface area contributed by atoms with Crippen LogP contribution in [-0.2, 0) is 10.0 Å². The molecule has 9 heteroatoms. The third-order valence-electron chi connectivity index (χ3n) is 4.30. The lowest BCUT2D eigenvalue weighted by atomic mass is 10.1. The van der Waals surface area contributed by atoms with Crippen LogP contribution in [0.25, 0.3) is 0 Å². The number of hydrogen-bond acceptors (Lipinski definition) is 5. The molecule has 0 unspecified atom stereocenters. The van der Waals surface area contributed by atoms with Gasteiger partial charge in [0.2, 0.25) is 10.0 Å². The van der Waals surface area contributed by atoms with Crippen LogP contribution in [0.15, 0.2) is 36.4 Å². The molecule has 28 heavy (non-hydrogen) atoms. The SMILES string of the molecule is COc1cc(C(=O)N[C@H](C)c2ccc(Cl)cc2)c(N(C)S(C)(=O)=O)cc1OC. The molecule has 0 fully saturated rings. The molecule has 1 amide bonds. The van der Waals surface area contributed by atoms with Crippen LogP contribution in [0, 0.1) is 0 Å². The van der Waals surface area contributed by atoms with Gasteiger partial charge in [-0.15, -0.1) is 0 Å². The average Bonchev–Trinajstić information content (AvgIpc) is 2.65. The van der Waals surface area contributed by atoms with Crippen molar-refractivity contribution < 1.29 is 22.7 Å². The topological polar surface area (TPSA) is 84.9 Å². The summed E-state index contributed by atoms with van der Waals surface area (Å²) in [5, 5.41) is 3.46. The highest BCUT2D eigenvalue weighted by atomic mass is 35.5. The van der Waals surface area contributed by atoms with Gasteiger partial charge in [0.1, 0.15) is 0 Å². The number of carbonyl (C=O) groups excluding carboxylic acids is 1. The van der Waals surface area contributed by atoms with Crippen LogP contribution in [-0.4, -0.2) is 41.8 Å². The van der Waals surface area contributed by atoms with E-state index in [9.17, 15) is 13.2 Å². The van der Waals surface area contributed by atoms with Crippen LogP contribution < -0.4 is 19.1 Å². The summed E-state index contributed by atoms with van der Waals surface area (Å²) in [4.78, 5) is 13.0. The molecule has 0 bridgehead atoms. The molecule has 0 spiro atoms. The largest absolute Gasteiger partial charge is 0.493 e. The molecule has 2 aromatic carbocycles. The van der Waals surface area contributed by atoms with Gasteiger partial charge in [-0.2, -0.15) is 0 Å². The van der Waals surface area contributed by atoms with Gasteiger partial charge in [0.15, 0.2) is 11.5 Å². The minimum Gasteiger partial charge on any atom is -0.493 e. The number of ether oxygens (including phenoxy) is 2. The Balaban J connectivity index is 2.46. The fourth-order valence-corrected chi connectivity index (χ4v) is 3.23. The number of hydrogen-bond donors (Lipinski definition) is 1. The molecule has 0 aliphatic carbocycles. The van der Waals surface area contributed by atoms with Gasteiger partial charge < -0.3 is 14.8 Å². The Labute approximate surface area is 170 Å². The Bertz CT molecular complexity index is 961. The summed E-state index contributed by atoms with van der Waals surface area (Å²) < 4.78 is 35.6. The molecule has 0 heterocycles. The Hall–Kier alpha value is -2.45. The number of methoxy groups -OCH3 is 2. The van der Waals surface area contributed by atoms with Gasteiger partial charge in [-0.1, -0.05) is 23.7 Å². The maximum atomic E-state index is 13.0. The van der Waals surface area contributed by atoms with Gasteiger partial charge in [-0.3, -0.25) is 9.10 Å². The van der Waals surface area contributed by atoms with Gasteiger partial charge in [0.25, 0.3) is 5.91 Å². The molecule has 0 radical (unpaired) electrons. The van der Waals surface area contributed by atoms with Crippen molar-refractivity contribution in [3.63, 3.8) is 0 Å². The van der Waals surface area contributed by atoms with E-state index in [1.807, 2.05) is 19.1 Å². The number of anilines is 1. The van der Waals surface area contributed by atoms with Gasteiger partial charge in [-0.25, -0.2) is 8.42 Å². The van der Waals surface area contributed by atoms with Crippen molar-refractivity contribution in [1.29, 1.82) is 0 Å². The van der Waals surface area contributed by atoms with E-state index in [1.165, 1.54) is 33.4 Å².